The zero-order valence-corrected chi connectivity index (χ0v) is 11.1. The van der Waals surface area contributed by atoms with Crippen LogP contribution < -0.4 is 0 Å². The third-order valence-electron chi connectivity index (χ3n) is 3.81. The molecule has 2 nitrogen and oxygen atoms in total. The van der Waals surface area contributed by atoms with Crippen LogP contribution in [0.2, 0.25) is 0 Å². The predicted octanol–water partition coefficient (Wildman–Crippen LogP) is 3.26. The van der Waals surface area contributed by atoms with E-state index >= 15 is 0 Å². The van der Waals surface area contributed by atoms with Crippen molar-refractivity contribution in [2.45, 2.75) is 33.7 Å². The maximum absolute atomic E-state index is 9.45. The highest BCUT2D eigenvalue weighted by Gasteiger charge is 2.31. The molecule has 1 fully saturated rings. The standard InChI is InChI=1S/C15H23NO/c1-15(2,3)13-7-8-16(11-13)10-12-5-4-6-14(17)9-12/h4-6,9,13,17H,7-8,10-11H2,1-3H3. The Bertz CT molecular complexity index is 381. The van der Waals surface area contributed by atoms with Gasteiger partial charge in [-0.25, -0.2) is 0 Å². The molecule has 1 saturated heterocycles. The quantitative estimate of drug-likeness (QED) is 0.847. The summed E-state index contributed by atoms with van der Waals surface area (Å²) >= 11 is 0. The number of phenolic OH excluding ortho intramolecular Hbond substituents is 1. The van der Waals surface area contributed by atoms with Crippen LogP contribution in [0.15, 0.2) is 24.3 Å². The topological polar surface area (TPSA) is 23.5 Å². The van der Waals surface area contributed by atoms with Crippen LogP contribution in [-0.4, -0.2) is 23.1 Å². The fourth-order valence-electron chi connectivity index (χ4n) is 2.60. The molecule has 1 atom stereocenters. The molecule has 1 aromatic carbocycles. The van der Waals surface area contributed by atoms with Gasteiger partial charge in [0.1, 0.15) is 5.75 Å². The van der Waals surface area contributed by atoms with E-state index in [1.807, 2.05) is 12.1 Å². The van der Waals surface area contributed by atoms with Gasteiger partial charge in [-0.3, -0.25) is 4.90 Å². The number of likely N-dealkylation sites (tertiary alicyclic amines) is 1. The summed E-state index contributed by atoms with van der Waals surface area (Å²) in [6, 6.07) is 7.60. The summed E-state index contributed by atoms with van der Waals surface area (Å²) in [5.74, 6) is 1.16. The molecular weight excluding hydrogens is 210 g/mol. The highest BCUT2D eigenvalue weighted by atomic mass is 16.3. The Morgan fingerprint density at radius 2 is 2.12 bits per heavy atom. The average Bonchev–Trinajstić information content (AvgIpc) is 2.65. The van der Waals surface area contributed by atoms with E-state index < -0.39 is 0 Å². The van der Waals surface area contributed by atoms with Gasteiger partial charge in [-0.05, 0) is 42.0 Å². The van der Waals surface area contributed by atoms with Gasteiger partial charge in [0.2, 0.25) is 0 Å². The van der Waals surface area contributed by atoms with Gasteiger partial charge in [0.15, 0.2) is 0 Å². The molecule has 1 heterocycles. The molecule has 2 heteroatoms. The minimum Gasteiger partial charge on any atom is -0.508 e. The van der Waals surface area contributed by atoms with Gasteiger partial charge in [-0.15, -0.1) is 0 Å². The Balaban J connectivity index is 1.94. The number of nitrogens with zero attached hydrogens (tertiary/aromatic N) is 1. The first kappa shape index (κ1) is 12.4. The van der Waals surface area contributed by atoms with Gasteiger partial charge in [-0.2, -0.15) is 0 Å². The van der Waals surface area contributed by atoms with Gasteiger partial charge >= 0.3 is 0 Å². The van der Waals surface area contributed by atoms with Crippen LogP contribution in [0.4, 0.5) is 0 Å². The third-order valence-corrected chi connectivity index (χ3v) is 3.81. The lowest BCUT2D eigenvalue weighted by molar-refractivity contribution is 0.226. The Kier molecular flexibility index (Phi) is 3.43. The van der Waals surface area contributed by atoms with Crippen molar-refractivity contribution in [1.29, 1.82) is 0 Å². The summed E-state index contributed by atoms with van der Waals surface area (Å²) in [5.41, 5.74) is 1.62. The maximum atomic E-state index is 9.45. The minimum atomic E-state index is 0.370. The first-order valence-electron chi connectivity index (χ1n) is 6.45. The smallest absolute Gasteiger partial charge is 0.115 e. The van der Waals surface area contributed by atoms with Crippen LogP contribution in [0.25, 0.3) is 0 Å². The van der Waals surface area contributed by atoms with Crippen molar-refractivity contribution >= 4 is 0 Å². The maximum Gasteiger partial charge on any atom is 0.115 e. The molecule has 0 bridgehead atoms. The monoisotopic (exact) mass is 233 g/mol. The molecule has 2 rings (SSSR count). The predicted molar refractivity (Wildman–Crippen MR) is 70.9 cm³/mol. The molecule has 0 radical (unpaired) electrons. The summed E-state index contributed by atoms with van der Waals surface area (Å²) in [7, 11) is 0. The lowest BCUT2D eigenvalue weighted by Crippen LogP contribution is -2.25. The SMILES string of the molecule is CC(C)(C)C1CCN(Cc2cccc(O)c2)C1. The highest BCUT2D eigenvalue weighted by Crippen LogP contribution is 2.34. The van der Waals surface area contributed by atoms with E-state index in [2.05, 4.69) is 31.7 Å². The summed E-state index contributed by atoms with van der Waals surface area (Å²) in [6.07, 6.45) is 1.29. The number of aromatic hydroxyl groups is 1. The molecular formula is C15H23NO. The first-order chi connectivity index (χ1) is 7.95. The zero-order chi connectivity index (χ0) is 12.5. The fraction of sp³-hybridized carbons (Fsp3) is 0.600. The second-order valence-electron chi connectivity index (χ2n) is 6.26. The summed E-state index contributed by atoms with van der Waals surface area (Å²) in [4.78, 5) is 2.49. The fourth-order valence-corrected chi connectivity index (χ4v) is 2.60. The Morgan fingerprint density at radius 1 is 1.35 bits per heavy atom. The van der Waals surface area contributed by atoms with Crippen LogP contribution in [0.3, 0.4) is 0 Å². The van der Waals surface area contributed by atoms with Gasteiger partial charge in [0.25, 0.3) is 0 Å². The van der Waals surface area contributed by atoms with Crippen LogP contribution >= 0.6 is 0 Å². The molecule has 94 valence electrons. The first-order valence-corrected chi connectivity index (χ1v) is 6.45. The third kappa shape index (κ3) is 3.22. The van der Waals surface area contributed by atoms with E-state index in [0.717, 1.165) is 12.5 Å². The molecule has 1 aromatic rings. The summed E-state index contributed by atoms with van der Waals surface area (Å²) in [6.45, 7) is 10.3. The van der Waals surface area contributed by atoms with Crippen LogP contribution in [-0.2, 0) is 6.54 Å². The van der Waals surface area contributed by atoms with Crippen molar-refractivity contribution in [3.8, 4) is 5.75 Å². The van der Waals surface area contributed by atoms with Crippen molar-refractivity contribution in [2.75, 3.05) is 13.1 Å². The van der Waals surface area contributed by atoms with Crippen molar-refractivity contribution in [3.05, 3.63) is 29.8 Å². The van der Waals surface area contributed by atoms with E-state index in [4.69, 9.17) is 0 Å². The van der Waals surface area contributed by atoms with E-state index in [9.17, 15) is 5.11 Å². The van der Waals surface area contributed by atoms with Gasteiger partial charge in [-0.1, -0.05) is 32.9 Å². The Morgan fingerprint density at radius 3 is 2.71 bits per heavy atom. The Labute approximate surface area is 104 Å². The van der Waals surface area contributed by atoms with Gasteiger partial charge < -0.3 is 5.11 Å². The zero-order valence-electron chi connectivity index (χ0n) is 11.1. The normalized spacial score (nSPS) is 21.9. The molecule has 1 aliphatic rings. The molecule has 0 saturated carbocycles. The van der Waals surface area contributed by atoms with E-state index in [-0.39, 0.29) is 0 Å². The van der Waals surface area contributed by atoms with E-state index in [1.165, 1.54) is 25.1 Å². The average molecular weight is 233 g/mol. The highest BCUT2D eigenvalue weighted by molar-refractivity contribution is 5.27. The van der Waals surface area contributed by atoms with Crippen molar-refractivity contribution in [1.82, 2.24) is 4.90 Å². The van der Waals surface area contributed by atoms with Crippen LogP contribution in [0.5, 0.6) is 5.75 Å². The Hall–Kier alpha value is -1.02. The van der Waals surface area contributed by atoms with Crippen LogP contribution in [0.1, 0.15) is 32.8 Å². The van der Waals surface area contributed by atoms with Crippen molar-refractivity contribution in [3.63, 3.8) is 0 Å². The second-order valence-corrected chi connectivity index (χ2v) is 6.26. The number of benzene rings is 1. The molecule has 0 amide bonds. The second kappa shape index (κ2) is 4.69. The lowest BCUT2D eigenvalue weighted by Gasteiger charge is -2.27. The molecule has 0 aliphatic carbocycles. The number of hydrogen-bond acceptors (Lipinski definition) is 2. The molecule has 1 unspecified atom stereocenters. The number of phenols is 1. The molecule has 1 aliphatic heterocycles. The molecule has 17 heavy (non-hydrogen) atoms. The molecule has 1 N–H and O–H groups in total. The minimum absolute atomic E-state index is 0.370. The number of hydrogen-bond donors (Lipinski definition) is 1. The summed E-state index contributed by atoms with van der Waals surface area (Å²) in [5, 5.41) is 9.45. The van der Waals surface area contributed by atoms with Gasteiger partial charge in [0.05, 0.1) is 0 Å². The molecule has 0 aromatic heterocycles. The number of rotatable bonds is 2. The van der Waals surface area contributed by atoms with Crippen molar-refractivity contribution < 1.29 is 5.11 Å². The largest absolute Gasteiger partial charge is 0.508 e. The summed E-state index contributed by atoms with van der Waals surface area (Å²) < 4.78 is 0. The lowest BCUT2D eigenvalue weighted by atomic mass is 9.80. The van der Waals surface area contributed by atoms with Gasteiger partial charge in [0, 0.05) is 13.1 Å². The molecule has 0 spiro atoms. The van der Waals surface area contributed by atoms with Crippen LogP contribution in [0, 0.1) is 11.3 Å². The van der Waals surface area contributed by atoms with E-state index in [1.54, 1.807) is 6.07 Å². The van der Waals surface area contributed by atoms with Crippen molar-refractivity contribution in [2.24, 2.45) is 11.3 Å². The van der Waals surface area contributed by atoms with E-state index in [0.29, 0.717) is 11.2 Å².